The Kier molecular flexibility index (Phi) is 5.25. The van der Waals surface area contributed by atoms with Crippen LogP contribution in [0.5, 0.6) is 23.0 Å². The van der Waals surface area contributed by atoms with Crippen LogP contribution in [0.4, 0.5) is 5.69 Å². The number of carbonyl (C=O) groups is 3. The van der Waals surface area contributed by atoms with Crippen molar-refractivity contribution >= 4 is 29.4 Å². The van der Waals surface area contributed by atoms with Crippen molar-refractivity contribution in [3.63, 3.8) is 0 Å². The van der Waals surface area contributed by atoms with Gasteiger partial charge in [0.05, 0.1) is 5.69 Å². The number of ether oxygens (including phenoxy) is 5. The molecule has 9 nitrogen and oxygen atoms in total. The summed E-state index contributed by atoms with van der Waals surface area (Å²) in [5.41, 5.74) is 1.23. The number of amides is 1. The van der Waals surface area contributed by atoms with Crippen LogP contribution in [0.3, 0.4) is 0 Å². The smallest absolute Gasteiger partial charge is 0.331 e. The summed E-state index contributed by atoms with van der Waals surface area (Å²) in [7, 11) is 0. The van der Waals surface area contributed by atoms with E-state index in [2.05, 4.69) is 5.32 Å². The van der Waals surface area contributed by atoms with E-state index < -0.39 is 18.5 Å². The van der Waals surface area contributed by atoms with Crippen LogP contribution in [-0.2, 0) is 14.3 Å². The highest BCUT2D eigenvalue weighted by atomic mass is 16.7. The second kappa shape index (κ2) is 8.16. The molecule has 0 aliphatic carbocycles. The van der Waals surface area contributed by atoms with Gasteiger partial charge in [-0.1, -0.05) is 6.07 Å². The minimum Gasteiger partial charge on any atom is -0.454 e. The predicted octanol–water partition coefficient (Wildman–Crippen LogP) is 2.54. The molecule has 0 spiro atoms. The first-order valence-corrected chi connectivity index (χ1v) is 8.98. The molecule has 2 aliphatic heterocycles. The van der Waals surface area contributed by atoms with Crippen LogP contribution in [-0.4, -0.2) is 37.9 Å². The van der Waals surface area contributed by atoms with Gasteiger partial charge in [0, 0.05) is 17.7 Å². The van der Waals surface area contributed by atoms with Crippen molar-refractivity contribution in [3.05, 3.63) is 47.5 Å². The lowest BCUT2D eigenvalue weighted by molar-refractivity contribution is -0.142. The third kappa shape index (κ3) is 4.19. The normalized spacial score (nSPS) is 13.4. The number of carbonyl (C=O) groups excluding carboxylic acids is 3. The van der Waals surface area contributed by atoms with Crippen molar-refractivity contribution in [1.29, 1.82) is 0 Å². The SMILES string of the molecule is CC(=O)c1cc2c(cc1NC(=O)COC(=O)/C=C/c1ccc3c(c1)OCO3)OCO2. The molecule has 1 N–H and O–H groups in total. The molecule has 1 amide bonds. The quantitative estimate of drug-likeness (QED) is 0.439. The summed E-state index contributed by atoms with van der Waals surface area (Å²) < 4.78 is 25.9. The second-order valence-corrected chi connectivity index (χ2v) is 6.41. The minimum absolute atomic E-state index is 0.0391. The van der Waals surface area contributed by atoms with Gasteiger partial charge in [-0.15, -0.1) is 0 Å². The van der Waals surface area contributed by atoms with E-state index in [0.717, 1.165) is 0 Å². The summed E-state index contributed by atoms with van der Waals surface area (Å²) in [5, 5.41) is 2.55. The molecule has 0 aromatic heterocycles. The highest BCUT2D eigenvalue weighted by molar-refractivity contribution is 6.05. The van der Waals surface area contributed by atoms with Crippen LogP contribution < -0.4 is 24.3 Å². The first kappa shape index (κ1) is 19.3. The van der Waals surface area contributed by atoms with Gasteiger partial charge in [0.25, 0.3) is 5.91 Å². The predicted molar refractivity (Wildman–Crippen MR) is 104 cm³/mol. The zero-order valence-electron chi connectivity index (χ0n) is 15.9. The van der Waals surface area contributed by atoms with E-state index in [4.69, 9.17) is 23.7 Å². The molecule has 0 saturated carbocycles. The topological polar surface area (TPSA) is 109 Å². The fraction of sp³-hybridized carbons (Fsp3) is 0.190. The van der Waals surface area contributed by atoms with Gasteiger partial charge in [0.15, 0.2) is 35.4 Å². The van der Waals surface area contributed by atoms with Gasteiger partial charge in [-0.2, -0.15) is 0 Å². The number of benzene rings is 2. The Balaban J connectivity index is 1.34. The largest absolute Gasteiger partial charge is 0.454 e. The summed E-state index contributed by atoms with van der Waals surface area (Å²) in [6.07, 6.45) is 2.74. The third-order valence-corrected chi connectivity index (χ3v) is 4.32. The molecule has 4 rings (SSSR count). The number of esters is 1. The van der Waals surface area contributed by atoms with E-state index in [9.17, 15) is 14.4 Å². The van der Waals surface area contributed by atoms with Gasteiger partial charge in [-0.3, -0.25) is 9.59 Å². The van der Waals surface area contributed by atoms with Crippen LogP contribution in [0.2, 0.25) is 0 Å². The van der Waals surface area contributed by atoms with Gasteiger partial charge in [-0.05, 0) is 36.8 Å². The molecule has 0 radical (unpaired) electrons. The van der Waals surface area contributed by atoms with Crippen LogP contribution in [0.15, 0.2) is 36.4 Å². The molecule has 0 unspecified atom stereocenters. The van der Waals surface area contributed by atoms with E-state index in [1.165, 1.54) is 31.2 Å². The Labute approximate surface area is 171 Å². The standard InChI is InChI=1S/C21H17NO8/c1-12(23)14-7-18-19(30-11-29-18)8-15(14)22-20(24)9-26-21(25)5-3-13-2-4-16-17(6-13)28-10-27-16/h2-8H,9-11H2,1H3,(H,22,24)/b5-3+. The second-order valence-electron chi connectivity index (χ2n) is 6.41. The number of fused-ring (bicyclic) bond motifs is 2. The van der Waals surface area contributed by atoms with E-state index in [0.29, 0.717) is 28.6 Å². The number of Topliss-reactive ketones (excluding diaryl/α,β-unsaturated/α-hetero) is 1. The monoisotopic (exact) mass is 411 g/mol. The fourth-order valence-corrected chi connectivity index (χ4v) is 2.89. The maximum absolute atomic E-state index is 12.2. The van der Waals surface area contributed by atoms with Crippen molar-refractivity contribution in [2.45, 2.75) is 6.92 Å². The number of rotatable bonds is 6. The molecular formula is C21H17NO8. The number of anilines is 1. The number of hydrogen-bond acceptors (Lipinski definition) is 8. The van der Waals surface area contributed by atoms with Crippen molar-refractivity contribution in [2.75, 3.05) is 25.5 Å². The van der Waals surface area contributed by atoms with Crippen LogP contribution in [0.25, 0.3) is 6.08 Å². The summed E-state index contributed by atoms with van der Waals surface area (Å²) in [6.45, 7) is 1.05. The molecule has 0 saturated heterocycles. The molecule has 2 aliphatic rings. The highest BCUT2D eigenvalue weighted by Crippen LogP contribution is 2.37. The van der Waals surface area contributed by atoms with Crippen LogP contribution >= 0.6 is 0 Å². The Morgan fingerprint density at radius 1 is 0.967 bits per heavy atom. The summed E-state index contributed by atoms with van der Waals surface area (Å²) >= 11 is 0. The van der Waals surface area contributed by atoms with Gasteiger partial charge in [0.1, 0.15) is 0 Å². The lowest BCUT2D eigenvalue weighted by Gasteiger charge is -2.10. The molecule has 154 valence electrons. The Morgan fingerprint density at radius 3 is 2.37 bits per heavy atom. The van der Waals surface area contributed by atoms with E-state index >= 15 is 0 Å². The van der Waals surface area contributed by atoms with Gasteiger partial charge in [0.2, 0.25) is 13.6 Å². The van der Waals surface area contributed by atoms with Crippen molar-refractivity contribution in [2.24, 2.45) is 0 Å². The van der Waals surface area contributed by atoms with Gasteiger partial charge < -0.3 is 29.0 Å². The van der Waals surface area contributed by atoms with Crippen molar-refractivity contribution in [3.8, 4) is 23.0 Å². The number of ketones is 1. The molecule has 0 fully saturated rings. The van der Waals surface area contributed by atoms with E-state index in [1.54, 1.807) is 18.2 Å². The molecule has 0 bridgehead atoms. The highest BCUT2D eigenvalue weighted by Gasteiger charge is 2.20. The number of nitrogens with one attached hydrogen (secondary N) is 1. The third-order valence-electron chi connectivity index (χ3n) is 4.32. The maximum Gasteiger partial charge on any atom is 0.331 e. The van der Waals surface area contributed by atoms with Gasteiger partial charge in [-0.25, -0.2) is 4.79 Å². The molecule has 2 heterocycles. The Hall–Kier alpha value is -4.01. The molecule has 30 heavy (non-hydrogen) atoms. The van der Waals surface area contributed by atoms with Crippen LogP contribution in [0.1, 0.15) is 22.8 Å². The average Bonchev–Trinajstić information content (AvgIpc) is 3.38. The van der Waals surface area contributed by atoms with E-state index in [-0.39, 0.29) is 30.6 Å². The minimum atomic E-state index is -0.694. The van der Waals surface area contributed by atoms with Crippen molar-refractivity contribution in [1.82, 2.24) is 0 Å². The maximum atomic E-state index is 12.2. The first-order valence-electron chi connectivity index (χ1n) is 8.98. The molecule has 0 atom stereocenters. The lowest BCUT2D eigenvalue weighted by Crippen LogP contribution is -2.21. The summed E-state index contributed by atoms with van der Waals surface area (Å²) in [4.78, 5) is 35.9. The molecule has 9 heteroatoms. The van der Waals surface area contributed by atoms with Crippen LogP contribution in [0, 0.1) is 0 Å². The Morgan fingerprint density at radius 2 is 1.63 bits per heavy atom. The zero-order valence-corrected chi connectivity index (χ0v) is 15.9. The molecule has 2 aromatic carbocycles. The fourth-order valence-electron chi connectivity index (χ4n) is 2.89. The lowest BCUT2D eigenvalue weighted by atomic mass is 10.1. The summed E-state index contributed by atoms with van der Waals surface area (Å²) in [6, 6.07) is 8.21. The summed E-state index contributed by atoms with van der Waals surface area (Å²) in [5.74, 6) is 0.528. The molecular weight excluding hydrogens is 394 g/mol. The number of hydrogen-bond donors (Lipinski definition) is 1. The molecule has 2 aromatic rings. The van der Waals surface area contributed by atoms with E-state index in [1.807, 2.05) is 0 Å². The Bertz CT molecular complexity index is 1060. The average molecular weight is 411 g/mol. The zero-order chi connectivity index (χ0) is 21.1. The van der Waals surface area contributed by atoms with Gasteiger partial charge >= 0.3 is 5.97 Å². The first-order chi connectivity index (χ1) is 14.5. The van der Waals surface area contributed by atoms with Crippen molar-refractivity contribution < 1.29 is 38.1 Å².